The maximum Gasteiger partial charge on any atom is 0.287 e. The van der Waals surface area contributed by atoms with Crippen LogP contribution in [0, 0.1) is 0 Å². The van der Waals surface area contributed by atoms with Crippen LogP contribution < -0.4 is 5.32 Å². The van der Waals surface area contributed by atoms with Gasteiger partial charge in [-0.1, -0.05) is 23.2 Å². The summed E-state index contributed by atoms with van der Waals surface area (Å²) in [5, 5.41) is 3.00. The minimum atomic E-state index is -3.74. The van der Waals surface area contributed by atoms with E-state index in [1.165, 1.54) is 6.07 Å². The SMILES string of the molecule is CC1=NS(=O)(=O)c2c(ccc(Cl)c2Cl)N1. The Bertz CT molecular complexity index is 566. The minimum absolute atomic E-state index is 0.00193. The van der Waals surface area contributed by atoms with E-state index in [9.17, 15) is 8.42 Å². The first-order valence-corrected chi connectivity index (χ1v) is 6.18. The van der Waals surface area contributed by atoms with E-state index in [0.717, 1.165) is 0 Å². The van der Waals surface area contributed by atoms with Crippen LogP contribution in [0.4, 0.5) is 5.69 Å². The van der Waals surface area contributed by atoms with Gasteiger partial charge in [-0.3, -0.25) is 0 Å². The average molecular weight is 265 g/mol. The number of sulfonamides is 1. The van der Waals surface area contributed by atoms with Gasteiger partial charge in [0.05, 0.1) is 15.7 Å². The number of hydrogen-bond donors (Lipinski definition) is 1. The normalized spacial score (nSPS) is 17.7. The van der Waals surface area contributed by atoms with Crippen LogP contribution in [0.2, 0.25) is 10.0 Å². The summed E-state index contributed by atoms with van der Waals surface area (Å²) in [6, 6.07) is 3.09. The molecule has 0 bridgehead atoms. The lowest BCUT2D eigenvalue weighted by Crippen LogP contribution is -2.18. The molecule has 0 radical (unpaired) electrons. The van der Waals surface area contributed by atoms with Gasteiger partial charge in [-0.2, -0.15) is 8.42 Å². The Morgan fingerprint density at radius 1 is 1.33 bits per heavy atom. The summed E-state index contributed by atoms with van der Waals surface area (Å²) < 4.78 is 26.9. The Hall–Kier alpha value is -0.780. The Morgan fingerprint density at radius 3 is 2.67 bits per heavy atom. The van der Waals surface area contributed by atoms with E-state index >= 15 is 0 Å². The summed E-state index contributed by atoms with van der Waals surface area (Å²) in [6.07, 6.45) is 0. The number of hydrogen-bond acceptors (Lipinski definition) is 3. The molecule has 1 N–H and O–H groups in total. The van der Waals surface area contributed by atoms with Gasteiger partial charge in [0.25, 0.3) is 10.0 Å². The lowest BCUT2D eigenvalue weighted by atomic mass is 10.3. The molecule has 0 saturated carbocycles. The number of halogens is 2. The highest BCUT2D eigenvalue weighted by Crippen LogP contribution is 2.37. The first-order chi connectivity index (χ1) is 6.92. The Kier molecular flexibility index (Phi) is 2.41. The van der Waals surface area contributed by atoms with Crippen LogP contribution in [0.1, 0.15) is 6.92 Å². The zero-order valence-electron chi connectivity index (χ0n) is 7.58. The van der Waals surface area contributed by atoms with Crippen molar-refractivity contribution in [1.82, 2.24) is 0 Å². The number of benzene rings is 1. The van der Waals surface area contributed by atoms with Crippen molar-refractivity contribution in [3.8, 4) is 0 Å². The van der Waals surface area contributed by atoms with Crippen molar-refractivity contribution in [3.63, 3.8) is 0 Å². The third-order valence-corrected chi connectivity index (χ3v) is 4.25. The van der Waals surface area contributed by atoms with Crippen molar-refractivity contribution in [1.29, 1.82) is 0 Å². The summed E-state index contributed by atoms with van der Waals surface area (Å²) in [7, 11) is -3.74. The van der Waals surface area contributed by atoms with Gasteiger partial charge in [0.2, 0.25) is 0 Å². The van der Waals surface area contributed by atoms with E-state index in [-0.39, 0.29) is 14.9 Å². The molecule has 4 nitrogen and oxygen atoms in total. The molecule has 0 amide bonds. The average Bonchev–Trinajstić information content (AvgIpc) is 2.08. The van der Waals surface area contributed by atoms with E-state index in [0.29, 0.717) is 11.5 Å². The van der Waals surface area contributed by atoms with Crippen LogP contribution in [-0.2, 0) is 10.0 Å². The summed E-state index contributed by atoms with van der Waals surface area (Å²) in [4.78, 5) is -0.0673. The van der Waals surface area contributed by atoms with Crippen molar-refractivity contribution >= 4 is 44.7 Å². The standard InChI is InChI=1S/C8H6Cl2N2O2S/c1-4-11-6-3-2-5(9)7(10)8(6)15(13,14)12-4/h2-3H,1H3,(H,11,12). The van der Waals surface area contributed by atoms with Crippen molar-refractivity contribution in [2.24, 2.45) is 4.40 Å². The quantitative estimate of drug-likeness (QED) is 0.784. The largest absolute Gasteiger partial charge is 0.342 e. The second-order valence-corrected chi connectivity index (χ2v) is 5.34. The highest BCUT2D eigenvalue weighted by molar-refractivity contribution is 7.90. The fraction of sp³-hybridized carbons (Fsp3) is 0.125. The smallest absolute Gasteiger partial charge is 0.287 e. The van der Waals surface area contributed by atoms with Crippen LogP contribution >= 0.6 is 23.2 Å². The van der Waals surface area contributed by atoms with Gasteiger partial charge in [0.15, 0.2) is 0 Å². The molecule has 1 aromatic carbocycles. The molecule has 7 heteroatoms. The van der Waals surface area contributed by atoms with Crippen molar-refractivity contribution < 1.29 is 8.42 Å². The fourth-order valence-electron chi connectivity index (χ4n) is 1.33. The molecule has 0 spiro atoms. The minimum Gasteiger partial charge on any atom is -0.342 e. The van der Waals surface area contributed by atoms with Crippen molar-refractivity contribution in [3.05, 3.63) is 22.2 Å². The number of rotatable bonds is 0. The third kappa shape index (κ3) is 1.71. The Labute approximate surface area is 97.0 Å². The first-order valence-electron chi connectivity index (χ1n) is 3.98. The van der Waals surface area contributed by atoms with Gasteiger partial charge in [-0.05, 0) is 19.1 Å². The third-order valence-electron chi connectivity index (χ3n) is 1.88. The van der Waals surface area contributed by atoms with E-state index < -0.39 is 10.0 Å². The molecule has 0 aliphatic carbocycles. The number of nitrogens with zero attached hydrogens (tertiary/aromatic N) is 1. The summed E-state index contributed by atoms with van der Waals surface area (Å²) >= 11 is 11.6. The number of nitrogens with one attached hydrogen (secondary N) is 1. The lowest BCUT2D eigenvalue weighted by molar-refractivity contribution is 0.598. The number of amidine groups is 1. The van der Waals surface area contributed by atoms with Gasteiger partial charge >= 0.3 is 0 Å². The molecule has 2 rings (SSSR count). The van der Waals surface area contributed by atoms with Crippen LogP contribution in [-0.4, -0.2) is 14.3 Å². The highest BCUT2D eigenvalue weighted by Gasteiger charge is 2.27. The van der Waals surface area contributed by atoms with Crippen molar-refractivity contribution in [2.45, 2.75) is 11.8 Å². The molecule has 1 aliphatic heterocycles. The van der Waals surface area contributed by atoms with E-state index in [1.807, 2.05) is 0 Å². The molecular weight excluding hydrogens is 259 g/mol. The predicted molar refractivity (Wildman–Crippen MR) is 60.4 cm³/mol. The van der Waals surface area contributed by atoms with Crippen molar-refractivity contribution in [2.75, 3.05) is 5.32 Å². The summed E-state index contributed by atoms with van der Waals surface area (Å²) in [5.74, 6) is 0.306. The van der Waals surface area contributed by atoms with Crippen LogP contribution in [0.5, 0.6) is 0 Å². The van der Waals surface area contributed by atoms with E-state index in [4.69, 9.17) is 23.2 Å². The first kappa shape index (κ1) is 10.7. The second kappa shape index (κ2) is 3.37. The summed E-state index contributed by atoms with van der Waals surface area (Å²) in [5.41, 5.74) is 0.400. The molecule has 0 atom stereocenters. The molecule has 1 heterocycles. The Morgan fingerprint density at radius 2 is 2.00 bits per heavy atom. The molecule has 15 heavy (non-hydrogen) atoms. The lowest BCUT2D eigenvalue weighted by Gasteiger charge is -2.17. The molecular formula is C8H6Cl2N2O2S. The second-order valence-electron chi connectivity index (χ2n) is 3.01. The van der Waals surface area contributed by atoms with E-state index in [1.54, 1.807) is 13.0 Å². The van der Waals surface area contributed by atoms with E-state index in [2.05, 4.69) is 9.71 Å². The van der Waals surface area contributed by atoms with Gasteiger partial charge in [-0.25, -0.2) is 0 Å². The van der Waals surface area contributed by atoms with Gasteiger partial charge in [-0.15, -0.1) is 4.40 Å². The summed E-state index contributed by atoms with van der Waals surface area (Å²) in [6.45, 7) is 1.56. The maximum absolute atomic E-state index is 11.7. The molecule has 80 valence electrons. The molecule has 0 aromatic heterocycles. The van der Waals surface area contributed by atoms with Gasteiger partial charge in [0, 0.05) is 0 Å². The zero-order chi connectivity index (χ0) is 11.2. The molecule has 1 aliphatic rings. The highest BCUT2D eigenvalue weighted by atomic mass is 35.5. The topological polar surface area (TPSA) is 58.5 Å². The molecule has 0 fully saturated rings. The molecule has 1 aromatic rings. The fourth-order valence-corrected chi connectivity index (χ4v) is 3.23. The van der Waals surface area contributed by atoms with Crippen LogP contribution in [0.25, 0.3) is 0 Å². The van der Waals surface area contributed by atoms with Gasteiger partial charge in [0.1, 0.15) is 10.7 Å². The molecule has 0 saturated heterocycles. The monoisotopic (exact) mass is 264 g/mol. The van der Waals surface area contributed by atoms with Crippen LogP contribution in [0.15, 0.2) is 21.4 Å². The predicted octanol–water partition coefficient (Wildman–Crippen LogP) is 2.53. The zero-order valence-corrected chi connectivity index (χ0v) is 9.91. The maximum atomic E-state index is 11.7. The van der Waals surface area contributed by atoms with Crippen LogP contribution in [0.3, 0.4) is 0 Å². The van der Waals surface area contributed by atoms with Gasteiger partial charge < -0.3 is 5.32 Å². The Balaban J connectivity index is 2.82. The number of fused-ring (bicyclic) bond motifs is 1. The number of anilines is 1. The molecule has 0 unspecified atom stereocenters.